The largest absolute Gasteiger partial charge is 0.357 e. The van der Waals surface area contributed by atoms with Crippen LogP contribution < -0.4 is 10.6 Å². The highest BCUT2D eigenvalue weighted by molar-refractivity contribution is 5.79. The van der Waals surface area contributed by atoms with Gasteiger partial charge < -0.3 is 10.6 Å². The van der Waals surface area contributed by atoms with E-state index in [2.05, 4.69) is 25.7 Å². The maximum Gasteiger partial charge on any atom is 0.191 e. The Morgan fingerprint density at radius 2 is 2.18 bits per heavy atom. The molecule has 1 aromatic heterocycles. The molecule has 0 bridgehead atoms. The summed E-state index contributed by atoms with van der Waals surface area (Å²) in [6.45, 7) is 5.41. The maximum absolute atomic E-state index is 13.5. The number of aromatic nitrogens is 3. The van der Waals surface area contributed by atoms with Crippen molar-refractivity contribution >= 4 is 5.96 Å². The Kier molecular flexibility index (Phi) is 5.46. The third-order valence-corrected chi connectivity index (χ3v) is 3.22. The van der Waals surface area contributed by atoms with Crippen molar-refractivity contribution in [3.63, 3.8) is 0 Å². The molecule has 6 nitrogen and oxygen atoms in total. The van der Waals surface area contributed by atoms with Gasteiger partial charge in [-0.05, 0) is 31.0 Å². The molecule has 2 N–H and O–H groups in total. The lowest BCUT2D eigenvalue weighted by Gasteiger charge is -2.11. The highest BCUT2D eigenvalue weighted by Gasteiger charge is 2.03. The Morgan fingerprint density at radius 1 is 1.36 bits per heavy atom. The van der Waals surface area contributed by atoms with Crippen LogP contribution in [0.5, 0.6) is 0 Å². The molecule has 0 saturated heterocycles. The van der Waals surface area contributed by atoms with Crippen molar-refractivity contribution in [1.82, 2.24) is 25.4 Å². The summed E-state index contributed by atoms with van der Waals surface area (Å²) in [5.41, 5.74) is 1.47. The molecule has 7 heteroatoms. The standard InChI is InChI=1S/C15H21FN6/c1-4-17-15(19-9-14-20-10-21-22(14)3)18-8-12-6-5-11(2)13(16)7-12/h5-7,10H,4,8-9H2,1-3H3,(H2,17,18,19). The minimum Gasteiger partial charge on any atom is -0.357 e. The van der Waals surface area contributed by atoms with Crippen molar-refractivity contribution in [2.45, 2.75) is 26.9 Å². The predicted molar refractivity (Wildman–Crippen MR) is 83.8 cm³/mol. The molecule has 0 atom stereocenters. The molecule has 22 heavy (non-hydrogen) atoms. The van der Waals surface area contributed by atoms with Crippen LogP contribution in [0.25, 0.3) is 0 Å². The monoisotopic (exact) mass is 304 g/mol. The van der Waals surface area contributed by atoms with Crippen LogP contribution in [0.1, 0.15) is 23.9 Å². The van der Waals surface area contributed by atoms with E-state index >= 15 is 0 Å². The average molecular weight is 304 g/mol. The normalized spacial score (nSPS) is 11.5. The SMILES string of the molecule is CCNC(=NCc1ccc(C)c(F)c1)NCc1ncnn1C. The maximum atomic E-state index is 13.5. The average Bonchev–Trinajstić information content (AvgIpc) is 2.91. The summed E-state index contributed by atoms with van der Waals surface area (Å²) in [4.78, 5) is 8.60. The van der Waals surface area contributed by atoms with Crippen molar-refractivity contribution < 1.29 is 4.39 Å². The molecule has 0 unspecified atom stereocenters. The van der Waals surface area contributed by atoms with E-state index in [0.29, 0.717) is 24.6 Å². The van der Waals surface area contributed by atoms with E-state index in [1.807, 2.05) is 20.0 Å². The summed E-state index contributed by atoms with van der Waals surface area (Å²) in [5.74, 6) is 1.27. The lowest BCUT2D eigenvalue weighted by atomic mass is 10.1. The first kappa shape index (κ1) is 15.9. The van der Waals surface area contributed by atoms with Crippen LogP contribution in [0.3, 0.4) is 0 Å². The number of aryl methyl sites for hydroxylation is 2. The number of nitrogens with one attached hydrogen (secondary N) is 2. The summed E-state index contributed by atoms with van der Waals surface area (Å²) < 4.78 is 15.2. The summed E-state index contributed by atoms with van der Waals surface area (Å²) in [6.07, 6.45) is 1.51. The zero-order valence-electron chi connectivity index (χ0n) is 13.1. The fourth-order valence-electron chi connectivity index (χ4n) is 1.89. The molecule has 2 rings (SSSR count). The molecule has 0 amide bonds. The van der Waals surface area contributed by atoms with Crippen molar-refractivity contribution in [3.05, 3.63) is 47.3 Å². The molecule has 0 radical (unpaired) electrons. The van der Waals surface area contributed by atoms with Crippen molar-refractivity contribution in [2.24, 2.45) is 12.0 Å². The second kappa shape index (κ2) is 7.53. The van der Waals surface area contributed by atoms with Gasteiger partial charge in [-0.25, -0.2) is 14.4 Å². The van der Waals surface area contributed by atoms with E-state index in [-0.39, 0.29) is 5.82 Å². The Morgan fingerprint density at radius 3 is 2.82 bits per heavy atom. The van der Waals surface area contributed by atoms with Gasteiger partial charge in [0.05, 0.1) is 13.1 Å². The van der Waals surface area contributed by atoms with Crippen LogP contribution in [0.15, 0.2) is 29.5 Å². The highest BCUT2D eigenvalue weighted by Crippen LogP contribution is 2.09. The molecule has 0 aliphatic carbocycles. The van der Waals surface area contributed by atoms with E-state index in [9.17, 15) is 4.39 Å². The first-order valence-electron chi connectivity index (χ1n) is 7.20. The molecule has 0 spiro atoms. The Bertz CT molecular complexity index is 649. The third-order valence-electron chi connectivity index (χ3n) is 3.22. The Hall–Kier alpha value is -2.44. The van der Waals surface area contributed by atoms with Gasteiger partial charge in [-0.3, -0.25) is 4.68 Å². The minimum atomic E-state index is -0.204. The first-order valence-corrected chi connectivity index (χ1v) is 7.20. The molecule has 2 aromatic rings. The van der Waals surface area contributed by atoms with Crippen LogP contribution in [-0.2, 0) is 20.1 Å². The van der Waals surface area contributed by atoms with Crippen LogP contribution in [0, 0.1) is 12.7 Å². The quantitative estimate of drug-likeness (QED) is 0.649. The molecule has 0 aliphatic rings. The molecular formula is C15H21FN6. The molecular weight excluding hydrogens is 283 g/mol. The van der Waals surface area contributed by atoms with Gasteiger partial charge in [-0.15, -0.1) is 0 Å². The number of hydrogen-bond acceptors (Lipinski definition) is 3. The number of nitrogens with zero attached hydrogens (tertiary/aromatic N) is 4. The van der Waals surface area contributed by atoms with Crippen molar-refractivity contribution in [1.29, 1.82) is 0 Å². The lowest BCUT2D eigenvalue weighted by molar-refractivity contribution is 0.616. The zero-order valence-corrected chi connectivity index (χ0v) is 13.1. The van der Waals surface area contributed by atoms with Gasteiger partial charge in [-0.1, -0.05) is 12.1 Å². The topological polar surface area (TPSA) is 67.1 Å². The van der Waals surface area contributed by atoms with Gasteiger partial charge >= 0.3 is 0 Å². The lowest BCUT2D eigenvalue weighted by Crippen LogP contribution is -2.37. The molecule has 1 aromatic carbocycles. The van der Waals surface area contributed by atoms with Gasteiger partial charge in [0.2, 0.25) is 0 Å². The van der Waals surface area contributed by atoms with Crippen molar-refractivity contribution in [3.8, 4) is 0 Å². The van der Waals surface area contributed by atoms with Gasteiger partial charge in [-0.2, -0.15) is 5.10 Å². The van der Waals surface area contributed by atoms with E-state index in [0.717, 1.165) is 17.9 Å². The number of hydrogen-bond donors (Lipinski definition) is 2. The summed E-state index contributed by atoms with van der Waals surface area (Å²) in [7, 11) is 1.84. The summed E-state index contributed by atoms with van der Waals surface area (Å²) in [6, 6.07) is 5.17. The van der Waals surface area contributed by atoms with Crippen LogP contribution in [0.2, 0.25) is 0 Å². The molecule has 0 fully saturated rings. The third kappa shape index (κ3) is 4.28. The number of benzene rings is 1. The second-order valence-electron chi connectivity index (χ2n) is 4.93. The second-order valence-corrected chi connectivity index (χ2v) is 4.93. The molecule has 118 valence electrons. The van der Waals surface area contributed by atoms with E-state index in [1.165, 1.54) is 12.4 Å². The smallest absolute Gasteiger partial charge is 0.191 e. The van der Waals surface area contributed by atoms with E-state index in [4.69, 9.17) is 0 Å². The van der Waals surface area contributed by atoms with Crippen LogP contribution >= 0.6 is 0 Å². The Balaban J connectivity index is 2.00. The van der Waals surface area contributed by atoms with Crippen molar-refractivity contribution in [2.75, 3.05) is 6.54 Å². The fourth-order valence-corrected chi connectivity index (χ4v) is 1.89. The van der Waals surface area contributed by atoms with Gasteiger partial charge in [0.15, 0.2) is 5.96 Å². The number of halogens is 1. The van der Waals surface area contributed by atoms with Crippen LogP contribution in [-0.4, -0.2) is 27.3 Å². The van der Waals surface area contributed by atoms with Gasteiger partial charge in [0.1, 0.15) is 18.0 Å². The van der Waals surface area contributed by atoms with Gasteiger partial charge in [0, 0.05) is 13.6 Å². The number of rotatable bonds is 5. The molecule has 1 heterocycles. The zero-order chi connectivity index (χ0) is 15.9. The molecule has 0 saturated carbocycles. The van der Waals surface area contributed by atoms with Crippen LogP contribution in [0.4, 0.5) is 4.39 Å². The summed E-state index contributed by atoms with van der Waals surface area (Å²) in [5, 5.41) is 10.3. The predicted octanol–water partition coefficient (Wildman–Crippen LogP) is 1.52. The summed E-state index contributed by atoms with van der Waals surface area (Å²) >= 11 is 0. The minimum absolute atomic E-state index is 0.204. The number of guanidine groups is 1. The van der Waals surface area contributed by atoms with E-state index < -0.39 is 0 Å². The Labute approximate surface area is 129 Å². The highest BCUT2D eigenvalue weighted by atomic mass is 19.1. The van der Waals surface area contributed by atoms with E-state index in [1.54, 1.807) is 17.7 Å². The van der Waals surface area contributed by atoms with Gasteiger partial charge in [0.25, 0.3) is 0 Å². The molecule has 0 aliphatic heterocycles. The first-order chi connectivity index (χ1) is 10.6. The number of aliphatic imine (C=N–C) groups is 1. The fraction of sp³-hybridized carbons (Fsp3) is 0.400.